The summed E-state index contributed by atoms with van der Waals surface area (Å²) in [5.41, 5.74) is 10.5. The molecule has 3 aromatic heterocycles. The molecule has 10 rings (SSSR count). The van der Waals surface area contributed by atoms with Crippen LogP contribution in [0.2, 0.25) is 0 Å². The van der Waals surface area contributed by atoms with Crippen LogP contribution >= 0.6 is 0 Å². The van der Waals surface area contributed by atoms with Gasteiger partial charge in [0.25, 0.3) is 6.33 Å². The fourth-order valence-corrected chi connectivity index (χ4v) is 7.68. The topological polar surface area (TPSA) is 35.9 Å². The Balaban J connectivity index is 1.10. The molecule has 3 heterocycles. The van der Waals surface area contributed by atoms with E-state index in [2.05, 4.69) is 124 Å². The third-order valence-electron chi connectivity index (χ3n) is 10.3. The predicted molar refractivity (Wildman–Crippen MR) is 227 cm³/mol. The van der Waals surface area contributed by atoms with Crippen molar-refractivity contribution < 1.29 is 13.4 Å². The molecule has 0 atom stereocenters. The van der Waals surface area contributed by atoms with Crippen molar-refractivity contribution in [2.75, 3.05) is 0 Å². The number of hydrogen-bond donors (Lipinski definition) is 0. The number of rotatable bonds is 8. The lowest BCUT2D eigenvalue weighted by Crippen LogP contribution is -2.31. The lowest BCUT2D eigenvalue weighted by molar-refractivity contribution is -0.571. The Labute approximate surface area is 330 Å². The number of nitrogens with zero attached hydrogens (tertiary/aromatic N) is 4. The summed E-state index contributed by atoms with van der Waals surface area (Å²) >= 11 is 0. The van der Waals surface area contributed by atoms with Crippen molar-refractivity contribution in [1.82, 2.24) is 14.1 Å². The van der Waals surface area contributed by atoms with Crippen molar-refractivity contribution in [3.8, 4) is 50.9 Å². The van der Waals surface area contributed by atoms with Crippen LogP contribution in [0.25, 0.3) is 72.3 Å². The van der Waals surface area contributed by atoms with E-state index < -0.39 is 0 Å². The van der Waals surface area contributed by atoms with E-state index in [-0.39, 0.29) is 24.2 Å². The SMILES string of the molecule is [2H]c1nc(-n2c3ccccc3c3ccc(Oc4cccc(-n5[c-][n+](-c6c(-c7ccccc7)cccc6-c6ccccc6)c6ccccc65)c4)cc32)c([2H])c(C(C)C)c1[2H]. The summed E-state index contributed by atoms with van der Waals surface area (Å²) in [4.78, 5) is 4.52. The summed E-state index contributed by atoms with van der Waals surface area (Å²) in [5, 5.41) is 1.97. The number of benzene rings is 7. The minimum Gasteiger partial charge on any atom is -0.458 e. The first-order chi connectivity index (χ1) is 28.9. The first-order valence-electron chi connectivity index (χ1n) is 20.3. The van der Waals surface area contributed by atoms with E-state index in [1.54, 1.807) is 0 Å². The minimum absolute atomic E-state index is 0.00584. The highest BCUT2D eigenvalue weighted by Crippen LogP contribution is 2.37. The number of aromatic nitrogens is 4. The molecular formula is C51H38N4O. The van der Waals surface area contributed by atoms with Crippen LogP contribution in [0.4, 0.5) is 0 Å². The van der Waals surface area contributed by atoms with Crippen LogP contribution in [-0.4, -0.2) is 14.1 Å². The van der Waals surface area contributed by atoms with Crippen LogP contribution in [0.3, 0.4) is 0 Å². The fourth-order valence-electron chi connectivity index (χ4n) is 7.68. The van der Waals surface area contributed by atoms with Crippen LogP contribution in [0.1, 0.15) is 29.4 Å². The molecule has 0 aliphatic heterocycles. The van der Waals surface area contributed by atoms with Crippen molar-refractivity contribution >= 4 is 32.8 Å². The van der Waals surface area contributed by atoms with E-state index in [9.17, 15) is 1.37 Å². The Hall–Kier alpha value is -7.24. The Morgan fingerprint density at radius 3 is 2.02 bits per heavy atom. The average molecular weight is 726 g/mol. The summed E-state index contributed by atoms with van der Waals surface area (Å²) in [5.74, 6) is 1.46. The highest BCUT2D eigenvalue weighted by Gasteiger charge is 2.20. The molecule has 0 radical (unpaired) electrons. The van der Waals surface area contributed by atoms with Gasteiger partial charge in [0.2, 0.25) is 0 Å². The van der Waals surface area contributed by atoms with Gasteiger partial charge in [-0.3, -0.25) is 13.7 Å². The molecule has 56 heavy (non-hydrogen) atoms. The van der Waals surface area contributed by atoms with Crippen LogP contribution in [0.5, 0.6) is 11.5 Å². The molecule has 0 aliphatic carbocycles. The highest BCUT2D eigenvalue weighted by atomic mass is 16.5. The summed E-state index contributed by atoms with van der Waals surface area (Å²) in [6, 6.07) is 57.9. The first kappa shape index (κ1) is 30.1. The molecule has 0 N–H and O–H groups in total. The second-order valence-electron chi connectivity index (χ2n) is 14.2. The Kier molecular flexibility index (Phi) is 7.46. The number of pyridine rings is 1. The molecule has 7 aromatic carbocycles. The smallest absolute Gasteiger partial charge is 0.269 e. The van der Waals surface area contributed by atoms with Gasteiger partial charge in [0, 0.05) is 23.0 Å². The standard InChI is InChI=1S/C51H38N4O/c1-35(2)38-29-30-52-50(31-38)55-46-24-10-9-21-44(46)45-28-27-41(33-49(45)55)56-40-20-13-19-39(32-40)53-34-54(48-26-12-11-25-47(48)53)51-42(36-15-5-3-6-16-36)22-14-23-43(51)37-17-7-4-8-18-37/h3-33,35H,1-2H3/i29D,30D,31D. The molecular weight excluding hydrogens is 685 g/mol. The van der Waals surface area contributed by atoms with Crippen LogP contribution < -0.4 is 9.30 Å². The summed E-state index contributed by atoms with van der Waals surface area (Å²) in [7, 11) is 0. The van der Waals surface area contributed by atoms with E-state index >= 15 is 0 Å². The Morgan fingerprint density at radius 2 is 1.27 bits per heavy atom. The zero-order chi connectivity index (χ0) is 40.2. The molecule has 10 aromatic rings. The number of fused-ring (bicyclic) bond motifs is 4. The van der Waals surface area contributed by atoms with Gasteiger partial charge >= 0.3 is 0 Å². The van der Waals surface area contributed by atoms with Crippen molar-refractivity contribution in [1.29, 1.82) is 0 Å². The molecule has 0 unspecified atom stereocenters. The minimum atomic E-state index is -0.148. The predicted octanol–water partition coefficient (Wildman–Crippen LogP) is 12.4. The van der Waals surface area contributed by atoms with E-state index in [0.29, 0.717) is 22.9 Å². The molecule has 5 nitrogen and oxygen atoms in total. The monoisotopic (exact) mass is 725 g/mol. The van der Waals surface area contributed by atoms with Crippen molar-refractivity contribution in [2.24, 2.45) is 0 Å². The Bertz CT molecular complexity index is 3150. The van der Waals surface area contributed by atoms with Gasteiger partial charge in [0.1, 0.15) is 17.3 Å². The van der Waals surface area contributed by atoms with Gasteiger partial charge in [-0.05, 0) is 82.2 Å². The largest absolute Gasteiger partial charge is 0.458 e. The second kappa shape index (κ2) is 13.9. The van der Waals surface area contributed by atoms with Gasteiger partial charge in [-0.1, -0.05) is 141 Å². The van der Waals surface area contributed by atoms with E-state index in [0.717, 1.165) is 66.5 Å². The maximum atomic E-state index is 9.18. The average Bonchev–Trinajstić information content (AvgIpc) is 3.81. The van der Waals surface area contributed by atoms with Gasteiger partial charge in [-0.2, -0.15) is 0 Å². The number of para-hydroxylation sites is 4. The third-order valence-corrected chi connectivity index (χ3v) is 10.3. The van der Waals surface area contributed by atoms with Crippen LogP contribution in [-0.2, 0) is 0 Å². The third kappa shape index (κ3) is 5.82. The molecule has 0 aliphatic rings. The van der Waals surface area contributed by atoms with E-state index in [1.807, 2.05) is 85.1 Å². The molecule has 268 valence electrons. The quantitative estimate of drug-likeness (QED) is 0.115. The normalized spacial score (nSPS) is 12.3. The molecule has 0 saturated heterocycles. The lowest BCUT2D eigenvalue weighted by atomic mass is 9.95. The number of ether oxygens (including phenoxy) is 1. The molecule has 0 spiro atoms. The summed E-state index contributed by atoms with van der Waals surface area (Å²) < 4.78 is 39.1. The van der Waals surface area contributed by atoms with Crippen molar-refractivity contribution in [2.45, 2.75) is 19.8 Å². The fraction of sp³-hybridized carbons (Fsp3) is 0.0588. The van der Waals surface area contributed by atoms with Gasteiger partial charge in [0.05, 0.1) is 37.6 Å². The van der Waals surface area contributed by atoms with E-state index in [4.69, 9.17) is 7.48 Å². The van der Waals surface area contributed by atoms with Gasteiger partial charge < -0.3 is 4.74 Å². The zero-order valence-corrected chi connectivity index (χ0v) is 30.9. The zero-order valence-electron chi connectivity index (χ0n) is 33.9. The van der Waals surface area contributed by atoms with Crippen LogP contribution in [0, 0.1) is 6.33 Å². The van der Waals surface area contributed by atoms with Crippen LogP contribution in [0.15, 0.2) is 188 Å². The maximum absolute atomic E-state index is 9.18. The highest BCUT2D eigenvalue weighted by molar-refractivity contribution is 6.09. The maximum Gasteiger partial charge on any atom is 0.269 e. The van der Waals surface area contributed by atoms with E-state index in [1.165, 1.54) is 0 Å². The van der Waals surface area contributed by atoms with Gasteiger partial charge in [-0.15, -0.1) is 0 Å². The molecule has 0 fully saturated rings. The summed E-state index contributed by atoms with van der Waals surface area (Å²) in [6.07, 6.45) is 3.60. The molecule has 5 heteroatoms. The molecule has 0 amide bonds. The van der Waals surface area contributed by atoms with Gasteiger partial charge in [-0.25, -0.2) is 4.98 Å². The van der Waals surface area contributed by atoms with Crippen molar-refractivity contribution in [3.63, 3.8) is 0 Å². The lowest BCUT2D eigenvalue weighted by Gasteiger charge is -2.17. The second-order valence-corrected chi connectivity index (χ2v) is 14.2. The Morgan fingerprint density at radius 1 is 0.625 bits per heavy atom. The van der Waals surface area contributed by atoms with Gasteiger partial charge in [0.15, 0.2) is 0 Å². The molecule has 0 bridgehead atoms. The van der Waals surface area contributed by atoms with Crippen molar-refractivity contribution in [3.05, 3.63) is 200 Å². The number of imidazole rings is 1. The molecule has 0 saturated carbocycles. The first-order valence-corrected chi connectivity index (χ1v) is 18.8. The summed E-state index contributed by atoms with van der Waals surface area (Å²) in [6.45, 7) is 3.89. The number of hydrogen-bond acceptors (Lipinski definition) is 2.